The van der Waals surface area contributed by atoms with Crippen molar-refractivity contribution in [1.29, 1.82) is 0 Å². The summed E-state index contributed by atoms with van der Waals surface area (Å²) in [7, 11) is -3.59. The number of aliphatic hydroxyl groups excluding tert-OH is 1. The third-order valence-corrected chi connectivity index (χ3v) is 7.04. The van der Waals surface area contributed by atoms with E-state index in [9.17, 15) is 22.3 Å². The lowest BCUT2D eigenvalue weighted by atomic mass is 10.0. The molecule has 4 rings (SSSR count). The maximum atomic E-state index is 16.0. The van der Waals surface area contributed by atoms with Crippen molar-refractivity contribution < 1.29 is 31.4 Å². The molecule has 0 spiro atoms. The molecule has 0 saturated heterocycles. The lowest BCUT2D eigenvalue weighted by molar-refractivity contribution is 0.209. The van der Waals surface area contributed by atoms with E-state index in [2.05, 4.69) is 10.1 Å². The fourth-order valence-corrected chi connectivity index (χ4v) is 5.11. The number of hydrogen-bond donors (Lipinski definition) is 1. The van der Waals surface area contributed by atoms with E-state index in [4.69, 9.17) is 4.74 Å². The van der Waals surface area contributed by atoms with Crippen LogP contribution in [0.25, 0.3) is 22.4 Å². The Balaban J connectivity index is 1.89. The summed E-state index contributed by atoms with van der Waals surface area (Å²) in [6, 6.07) is 9.37. The van der Waals surface area contributed by atoms with Crippen LogP contribution in [0.5, 0.6) is 0 Å². The smallest absolute Gasteiger partial charge is 0.269 e. The third-order valence-electron chi connectivity index (χ3n) is 5.29. The summed E-state index contributed by atoms with van der Waals surface area (Å²) >= 11 is 0. The van der Waals surface area contributed by atoms with Gasteiger partial charge >= 0.3 is 0 Å². The van der Waals surface area contributed by atoms with Crippen molar-refractivity contribution in [3.8, 4) is 22.4 Å². The Bertz CT molecular complexity index is 1480. The predicted octanol–water partition coefficient (Wildman–Crippen LogP) is 3.82. The van der Waals surface area contributed by atoms with Crippen LogP contribution in [0, 0.1) is 17.5 Å². The zero-order valence-corrected chi connectivity index (χ0v) is 19.8. The number of aliphatic hydroxyl groups is 1. The van der Waals surface area contributed by atoms with E-state index >= 15 is 4.39 Å². The van der Waals surface area contributed by atoms with Gasteiger partial charge in [0.05, 0.1) is 18.8 Å². The molecule has 0 amide bonds. The van der Waals surface area contributed by atoms with Gasteiger partial charge in [-0.3, -0.25) is 9.67 Å². The number of anilines is 1. The van der Waals surface area contributed by atoms with Crippen molar-refractivity contribution in [3.05, 3.63) is 84.6 Å². The molecule has 188 valence electrons. The van der Waals surface area contributed by atoms with E-state index in [1.54, 1.807) is 30.7 Å². The second kappa shape index (κ2) is 10.5. The van der Waals surface area contributed by atoms with Gasteiger partial charge in [-0.1, -0.05) is 6.07 Å². The van der Waals surface area contributed by atoms with Crippen LogP contribution in [0.15, 0.2) is 72.0 Å². The molecule has 0 aliphatic carbocycles. The molecule has 36 heavy (non-hydrogen) atoms. The summed E-state index contributed by atoms with van der Waals surface area (Å²) in [5.41, 5.74) is 0.861. The number of methoxy groups -OCH3 is 1. The Hall–Kier alpha value is -3.74. The zero-order valence-electron chi connectivity index (χ0n) is 19.0. The van der Waals surface area contributed by atoms with Gasteiger partial charge in [-0.05, 0) is 48.0 Å². The largest absolute Gasteiger partial charge is 0.394 e. The van der Waals surface area contributed by atoms with E-state index in [-0.39, 0.29) is 24.4 Å². The highest BCUT2D eigenvalue weighted by molar-refractivity contribution is 7.92. The molecule has 12 heteroatoms. The summed E-state index contributed by atoms with van der Waals surface area (Å²) in [5, 5.41) is 13.7. The minimum absolute atomic E-state index is 0.0491. The van der Waals surface area contributed by atoms with E-state index < -0.39 is 44.8 Å². The second-order valence-electron chi connectivity index (χ2n) is 7.60. The fourth-order valence-electron chi connectivity index (χ4n) is 3.65. The van der Waals surface area contributed by atoms with E-state index in [1.807, 2.05) is 0 Å². The molecule has 2 aromatic carbocycles. The SMILES string of the molecule is COCN(c1cccc(-c2nn(CCO)cc2-c2ccncc2)c1F)S(=O)(=O)c1cc(F)ccc1F. The normalized spacial score (nSPS) is 11.6. The van der Waals surface area contributed by atoms with Gasteiger partial charge in [0.15, 0.2) is 5.82 Å². The first-order valence-electron chi connectivity index (χ1n) is 10.6. The first-order valence-corrected chi connectivity index (χ1v) is 12.1. The van der Waals surface area contributed by atoms with Gasteiger partial charge in [-0.15, -0.1) is 0 Å². The first kappa shape index (κ1) is 25.4. The minimum atomic E-state index is -4.77. The molecule has 0 aliphatic rings. The fraction of sp³-hybridized carbons (Fsp3) is 0.167. The molecule has 0 saturated carbocycles. The summed E-state index contributed by atoms with van der Waals surface area (Å²) in [4.78, 5) is 3.01. The molecular weight excluding hydrogens is 497 g/mol. The zero-order chi connectivity index (χ0) is 25.9. The summed E-state index contributed by atoms with van der Waals surface area (Å²) < 4.78 is 77.7. The standard InChI is InChI=1S/C24H21F3N4O4S/c1-35-15-31(36(33,34)22-13-17(25)5-6-20(22)26)21-4-2-3-18(23(21)27)24-19(14-30(29-24)11-12-32)16-7-9-28-10-8-16/h2-10,13-14,32H,11-12,15H2,1H3. The Morgan fingerprint density at radius 3 is 2.50 bits per heavy atom. The monoisotopic (exact) mass is 518 g/mol. The van der Waals surface area contributed by atoms with E-state index in [0.717, 1.165) is 6.07 Å². The third kappa shape index (κ3) is 4.83. The number of benzene rings is 2. The van der Waals surface area contributed by atoms with Gasteiger partial charge in [0.25, 0.3) is 10.0 Å². The van der Waals surface area contributed by atoms with Crippen LogP contribution in [0.4, 0.5) is 18.9 Å². The molecule has 0 aliphatic heterocycles. The van der Waals surface area contributed by atoms with Crippen molar-refractivity contribution >= 4 is 15.7 Å². The highest BCUT2D eigenvalue weighted by Crippen LogP contribution is 2.37. The maximum absolute atomic E-state index is 16.0. The second-order valence-corrected chi connectivity index (χ2v) is 9.43. The number of rotatable bonds is 9. The molecule has 0 atom stereocenters. The van der Waals surface area contributed by atoms with Gasteiger partial charge in [-0.2, -0.15) is 5.10 Å². The Morgan fingerprint density at radius 2 is 1.81 bits per heavy atom. The van der Waals surface area contributed by atoms with E-state index in [1.165, 1.54) is 30.0 Å². The van der Waals surface area contributed by atoms with Gasteiger partial charge in [-0.25, -0.2) is 25.9 Å². The summed E-state index contributed by atoms with van der Waals surface area (Å²) in [6.07, 6.45) is 4.73. The highest BCUT2D eigenvalue weighted by atomic mass is 32.2. The van der Waals surface area contributed by atoms with Crippen molar-refractivity contribution in [2.45, 2.75) is 11.4 Å². The average molecular weight is 519 g/mol. The molecule has 2 aromatic heterocycles. The Kier molecular flexibility index (Phi) is 7.38. The van der Waals surface area contributed by atoms with Crippen LogP contribution in [0.2, 0.25) is 0 Å². The van der Waals surface area contributed by atoms with Gasteiger partial charge in [0.2, 0.25) is 0 Å². The van der Waals surface area contributed by atoms with Gasteiger partial charge in [0.1, 0.15) is 29.0 Å². The Labute approximate surface area is 205 Å². The lowest BCUT2D eigenvalue weighted by Gasteiger charge is -2.25. The number of halogens is 3. The van der Waals surface area contributed by atoms with Crippen LogP contribution in [0.1, 0.15) is 0 Å². The molecule has 0 unspecified atom stereocenters. The molecule has 0 bridgehead atoms. The molecule has 0 fully saturated rings. The molecule has 0 radical (unpaired) electrons. The average Bonchev–Trinajstić information content (AvgIpc) is 3.28. The van der Waals surface area contributed by atoms with Crippen molar-refractivity contribution in [3.63, 3.8) is 0 Å². The maximum Gasteiger partial charge on any atom is 0.269 e. The number of sulfonamides is 1. The molecule has 4 aromatic rings. The van der Waals surface area contributed by atoms with E-state index in [0.29, 0.717) is 27.6 Å². The topological polar surface area (TPSA) is 97.5 Å². The Morgan fingerprint density at radius 1 is 1.06 bits per heavy atom. The van der Waals surface area contributed by atoms with Crippen LogP contribution < -0.4 is 4.31 Å². The van der Waals surface area contributed by atoms with Crippen LogP contribution in [-0.4, -0.2) is 48.7 Å². The van der Waals surface area contributed by atoms with Gasteiger partial charge in [0, 0.05) is 36.8 Å². The van der Waals surface area contributed by atoms with Crippen molar-refractivity contribution in [1.82, 2.24) is 14.8 Å². The molecule has 2 heterocycles. The number of pyridine rings is 1. The highest BCUT2D eigenvalue weighted by Gasteiger charge is 2.32. The number of hydrogen-bond acceptors (Lipinski definition) is 6. The van der Waals surface area contributed by atoms with Gasteiger partial charge < -0.3 is 9.84 Å². The van der Waals surface area contributed by atoms with Crippen LogP contribution in [-0.2, 0) is 21.3 Å². The quantitative estimate of drug-likeness (QED) is 0.339. The number of aromatic nitrogens is 3. The lowest BCUT2D eigenvalue weighted by Crippen LogP contribution is -2.34. The minimum Gasteiger partial charge on any atom is -0.394 e. The van der Waals surface area contributed by atoms with Crippen LogP contribution >= 0.6 is 0 Å². The summed E-state index contributed by atoms with van der Waals surface area (Å²) in [6.45, 7) is -0.740. The number of ether oxygens (including phenoxy) is 1. The van der Waals surface area contributed by atoms with Crippen molar-refractivity contribution in [2.24, 2.45) is 0 Å². The molecule has 8 nitrogen and oxygen atoms in total. The van der Waals surface area contributed by atoms with Crippen molar-refractivity contribution in [2.75, 3.05) is 24.8 Å². The predicted molar refractivity (Wildman–Crippen MR) is 126 cm³/mol. The first-order chi connectivity index (χ1) is 17.3. The van der Waals surface area contributed by atoms with Crippen LogP contribution in [0.3, 0.4) is 0 Å². The summed E-state index contributed by atoms with van der Waals surface area (Å²) in [5.74, 6) is -3.14. The molecular formula is C24H21F3N4O4S. The molecule has 1 N–H and O–H groups in total. The number of nitrogens with zero attached hydrogens (tertiary/aromatic N) is 4.